The van der Waals surface area contributed by atoms with E-state index in [2.05, 4.69) is 4.74 Å². The van der Waals surface area contributed by atoms with E-state index in [9.17, 15) is 9.18 Å². The minimum Gasteiger partial charge on any atom is -0.483 e. The zero-order chi connectivity index (χ0) is 11.3. The molecule has 1 aromatic carbocycles. The van der Waals surface area contributed by atoms with E-state index in [1.165, 1.54) is 19.2 Å². The predicted molar refractivity (Wildman–Crippen MR) is 53.8 cm³/mol. The third kappa shape index (κ3) is 3.49. The molecule has 0 spiro atoms. The molecule has 0 saturated carbocycles. The first kappa shape index (κ1) is 11.9. The standard InChI is InChI=1S/C10H10ClFO3/c1-14-5-7(13)6-15-9-4-2-3-8(11)10(9)12/h2-4H,5-6H2,1H3. The van der Waals surface area contributed by atoms with Crippen LogP contribution in [-0.4, -0.2) is 26.1 Å². The number of Topliss-reactive ketones (excluding diaryl/α,β-unsaturated/α-hetero) is 1. The van der Waals surface area contributed by atoms with Crippen molar-refractivity contribution in [3.63, 3.8) is 0 Å². The Morgan fingerprint density at radius 2 is 2.20 bits per heavy atom. The normalized spacial score (nSPS) is 10.1. The van der Waals surface area contributed by atoms with Crippen LogP contribution in [0.2, 0.25) is 5.02 Å². The van der Waals surface area contributed by atoms with Crippen LogP contribution in [0.1, 0.15) is 0 Å². The molecule has 15 heavy (non-hydrogen) atoms. The molecule has 0 unspecified atom stereocenters. The molecule has 0 heterocycles. The molecule has 1 aromatic rings. The van der Waals surface area contributed by atoms with Gasteiger partial charge in [0, 0.05) is 7.11 Å². The number of halogens is 2. The molecule has 0 fully saturated rings. The molecular formula is C10H10ClFO3. The van der Waals surface area contributed by atoms with E-state index in [0.29, 0.717) is 0 Å². The highest BCUT2D eigenvalue weighted by molar-refractivity contribution is 6.30. The summed E-state index contributed by atoms with van der Waals surface area (Å²) >= 11 is 5.53. The van der Waals surface area contributed by atoms with Crippen molar-refractivity contribution in [3.8, 4) is 5.75 Å². The van der Waals surface area contributed by atoms with E-state index in [-0.39, 0.29) is 29.8 Å². The molecule has 0 aliphatic carbocycles. The first-order chi connectivity index (χ1) is 7.15. The Bertz CT molecular complexity index is 355. The van der Waals surface area contributed by atoms with Crippen molar-refractivity contribution in [2.45, 2.75) is 0 Å². The molecule has 0 amide bonds. The summed E-state index contributed by atoms with van der Waals surface area (Å²) in [5.74, 6) is -0.965. The summed E-state index contributed by atoms with van der Waals surface area (Å²) in [6.45, 7) is -0.284. The van der Waals surface area contributed by atoms with Crippen molar-refractivity contribution < 1.29 is 18.7 Å². The number of hydrogen-bond acceptors (Lipinski definition) is 3. The van der Waals surface area contributed by atoms with Crippen LogP contribution in [0.4, 0.5) is 4.39 Å². The summed E-state index contributed by atoms with van der Waals surface area (Å²) in [5, 5.41) is -0.0355. The highest BCUT2D eigenvalue weighted by Gasteiger charge is 2.09. The molecule has 82 valence electrons. The van der Waals surface area contributed by atoms with Crippen molar-refractivity contribution >= 4 is 17.4 Å². The van der Waals surface area contributed by atoms with Gasteiger partial charge in [0.1, 0.15) is 13.2 Å². The molecule has 0 aliphatic rings. The van der Waals surface area contributed by atoms with E-state index >= 15 is 0 Å². The van der Waals surface area contributed by atoms with Gasteiger partial charge >= 0.3 is 0 Å². The number of benzene rings is 1. The van der Waals surface area contributed by atoms with Crippen LogP contribution in [0.5, 0.6) is 5.75 Å². The molecule has 0 aromatic heterocycles. The number of ketones is 1. The lowest BCUT2D eigenvalue weighted by Gasteiger charge is -2.06. The van der Waals surface area contributed by atoms with Crippen LogP contribution in [0.25, 0.3) is 0 Å². The Labute approximate surface area is 91.7 Å². The zero-order valence-corrected chi connectivity index (χ0v) is 8.88. The van der Waals surface area contributed by atoms with Crippen LogP contribution in [0, 0.1) is 5.82 Å². The van der Waals surface area contributed by atoms with Gasteiger partial charge in [-0.25, -0.2) is 4.39 Å². The first-order valence-corrected chi connectivity index (χ1v) is 4.60. The van der Waals surface area contributed by atoms with Crippen LogP contribution in [0.3, 0.4) is 0 Å². The fourth-order valence-corrected chi connectivity index (χ4v) is 1.12. The minimum absolute atomic E-state index is 0.0352. The Morgan fingerprint density at radius 1 is 1.47 bits per heavy atom. The minimum atomic E-state index is -0.663. The second-order valence-electron chi connectivity index (χ2n) is 2.81. The average Bonchev–Trinajstić information content (AvgIpc) is 2.21. The number of carbonyl (C=O) groups excluding carboxylic acids is 1. The number of rotatable bonds is 5. The summed E-state index contributed by atoms with van der Waals surface area (Å²) in [6.07, 6.45) is 0. The maximum atomic E-state index is 13.2. The van der Waals surface area contributed by atoms with E-state index in [0.717, 1.165) is 0 Å². The monoisotopic (exact) mass is 232 g/mol. The lowest BCUT2D eigenvalue weighted by Crippen LogP contribution is -2.16. The van der Waals surface area contributed by atoms with Crippen LogP contribution in [0.15, 0.2) is 18.2 Å². The van der Waals surface area contributed by atoms with Gasteiger partial charge in [0.2, 0.25) is 0 Å². The van der Waals surface area contributed by atoms with Gasteiger partial charge in [0.25, 0.3) is 0 Å². The van der Waals surface area contributed by atoms with Crippen molar-refractivity contribution in [1.82, 2.24) is 0 Å². The smallest absolute Gasteiger partial charge is 0.195 e. The summed E-state index contributed by atoms with van der Waals surface area (Å²) in [4.78, 5) is 11.0. The maximum Gasteiger partial charge on any atom is 0.195 e. The Hall–Kier alpha value is -1.13. The fourth-order valence-electron chi connectivity index (χ4n) is 0.956. The van der Waals surface area contributed by atoms with Crippen molar-refractivity contribution in [3.05, 3.63) is 29.0 Å². The van der Waals surface area contributed by atoms with Crippen molar-refractivity contribution in [2.75, 3.05) is 20.3 Å². The SMILES string of the molecule is COCC(=O)COc1cccc(Cl)c1F. The largest absolute Gasteiger partial charge is 0.483 e. The highest BCUT2D eigenvalue weighted by atomic mass is 35.5. The van der Waals surface area contributed by atoms with E-state index in [4.69, 9.17) is 16.3 Å². The second-order valence-corrected chi connectivity index (χ2v) is 3.22. The van der Waals surface area contributed by atoms with E-state index in [1.807, 2.05) is 0 Å². The van der Waals surface area contributed by atoms with Gasteiger partial charge < -0.3 is 9.47 Å². The Morgan fingerprint density at radius 3 is 2.87 bits per heavy atom. The summed E-state index contributed by atoms with van der Waals surface area (Å²) in [6, 6.07) is 4.35. The molecule has 0 saturated heterocycles. The van der Waals surface area contributed by atoms with E-state index in [1.54, 1.807) is 6.07 Å². The van der Waals surface area contributed by atoms with Crippen molar-refractivity contribution in [2.24, 2.45) is 0 Å². The van der Waals surface area contributed by atoms with Crippen molar-refractivity contribution in [1.29, 1.82) is 0 Å². The summed E-state index contributed by atoms with van der Waals surface area (Å²) < 4.78 is 22.8. The van der Waals surface area contributed by atoms with Gasteiger partial charge in [-0.05, 0) is 12.1 Å². The second kappa shape index (κ2) is 5.68. The van der Waals surface area contributed by atoms with Gasteiger partial charge in [-0.15, -0.1) is 0 Å². The predicted octanol–water partition coefficient (Wildman–Crippen LogP) is 2.07. The molecule has 0 bridgehead atoms. The quantitative estimate of drug-likeness (QED) is 0.780. The molecule has 0 N–H and O–H groups in total. The van der Waals surface area contributed by atoms with Crippen LogP contribution < -0.4 is 4.74 Å². The molecule has 3 nitrogen and oxygen atoms in total. The van der Waals surface area contributed by atoms with E-state index < -0.39 is 5.82 Å². The zero-order valence-electron chi connectivity index (χ0n) is 8.13. The fraction of sp³-hybridized carbons (Fsp3) is 0.300. The maximum absolute atomic E-state index is 13.2. The third-order valence-corrected chi connectivity index (χ3v) is 1.90. The third-order valence-electron chi connectivity index (χ3n) is 1.61. The summed E-state index contributed by atoms with van der Waals surface area (Å²) in [7, 11) is 1.40. The average molecular weight is 233 g/mol. The van der Waals surface area contributed by atoms with Gasteiger partial charge in [-0.2, -0.15) is 0 Å². The molecular weight excluding hydrogens is 223 g/mol. The van der Waals surface area contributed by atoms with Crippen LogP contribution >= 0.6 is 11.6 Å². The van der Waals surface area contributed by atoms with Gasteiger partial charge in [0.15, 0.2) is 17.3 Å². The van der Waals surface area contributed by atoms with Gasteiger partial charge in [-0.1, -0.05) is 17.7 Å². The Balaban J connectivity index is 2.58. The lowest BCUT2D eigenvalue weighted by atomic mass is 10.3. The van der Waals surface area contributed by atoms with Gasteiger partial charge in [-0.3, -0.25) is 4.79 Å². The molecule has 5 heteroatoms. The number of hydrogen-bond donors (Lipinski definition) is 0. The lowest BCUT2D eigenvalue weighted by molar-refractivity contribution is -0.124. The highest BCUT2D eigenvalue weighted by Crippen LogP contribution is 2.23. The Kier molecular flexibility index (Phi) is 4.52. The topological polar surface area (TPSA) is 35.5 Å². The number of methoxy groups -OCH3 is 1. The number of carbonyl (C=O) groups is 1. The molecule has 0 aliphatic heterocycles. The number of ether oxygens (including phenoxy) is 2. The van der Waals surface area contributed by atoms with Gasteiger partial charge in [0.05, 0.1) is 5.02 Å². The summed E-state index contributed by atoms with van der Waals surface area (Å²) in [5.41, 5.74) is 0. The first-order valence-electron chi connectivity index (χ1n) is 4.22. The van der Waals surface area contributed by atoms with Crippen LogP contribution in [-0.2, 0) is 9.53 Å². The molecule has 0 atom stereocenters. The molecule has 0 radical (unpaired) electrons. The molecule has 1 rings (SSSR count).